The minimum atomic E-state index is -1.13. The van der Waals surface area contributed by atoms with Crippen LogP contribution < -0.4 is 10.6 Å². The minimum absolute atomic E-state index is 0.00661. The Balaban J connectivity index is 2.09. The standard InChI is InChI=1S/C15H10N2O4/c16-11-7-8(15(20)21)5-6-12(11)17-13(18)9-3-1-2-4-10(9)14(17)19/h1-7H,16H2,(H,20,21). The number of rotatable bonds is 2. The summed E-state index contributed by atoms with van der Waals surface area (Å²) < 4.78 is 0. The van der Waals surface area contributed by atoms with E-state index in [1.807, 2.05) is 0 Å². The molecule has 0 atom stereocenters. The molecular weight excluding hydrogens is 272 g/mol. The second-order valence-corrected chi connectivity index (χ2v) is 4.57. The summed E-state index contributed by atoms with van der Waals surface area (Å²) in [6, 6.07) is 10.4. The van der Waals surface area contributed by atoms with Crippen LogP contribution in [-0.2, 0) is 0 Å². The summed E-state index contributed by atoms with van der Waals surface area (Å²) in [5.41, 5.74) is 6.65. The zero-order valence-corrected chi connectivity index (χ0v) is 10.7. The van der Waals surface area contributed by atoms with E-state index in [1.54, 1.807) is 24.3 Å². The predicted octanol–water partition coefficient (Wildman–Crippen LogP) is 1.77. The van der Waals surface area contributed by atoms with Gasteiger partial charge in [-0.2, -0.15) is 0 Å². The van der Waals surface area contributed by atoms with Crippen molar-refractivity contribution >= 4 is 29.2 Å². The number of carbonyl (C=O) groups is 3. The van der Waals surface area contributed by atoms with Crippen LogP contribution >= 0.6 is 0 Å². The van der Waals surface area contributed by atoms with Gasteiger partial charge in [0.15, 0.2) is 0 Å². The van der Waals surface area contributed by atoms with E-state index in [1.165, 1.54) is 18.2 Å². The first-order chi connectivity index (χ1) is 10.0. The molecule has 0 fully saturated rings. The lowest BCUT2D eigenvalue weighted by atomic mass is 10.1. The van der Waals surface area contributed by atoms with Crippen molar-refractivity contribution in [3.63, 3.8) is 0 Å². The third-order valence-electron chi connectivity index (χ3n) is 3.31. The molecule has 0 aromatic heterocycles. The Morgan fingerprint density at radius 2 is 1.57 bits per heavy atom. The smallest absolute Gasteiger partial charge is 0.335 e. The summed E-state index contributed by atoms with van der Waals surface area (Å²) >= 11 is 0. The molecule has 6 nitrogen and oxygen atoms in total. The maximum absolute atomic E-state index is 12.3. The second-order valence-electron chi connectivity index (χ2n) is 4.57. The van der Waals surface area contributed by atoms with E-state index in [2.05, 4.69) is 0 Å². The lowest BCUT2D eigenvalue weighted by molar-refractivity contribution is 0.0696. The number of anilines is 2. The highest BCUT2D eigenvalue weighted by molar-refractivity contribution is 6.35. The highest BCUT2D eigenvalue weighted by atomic mass is 16.4. The van der Waals surface area contributed by atoms with Crippen molar-refractivity contribution in [3.05, 3.63) is 59.2 Å². The normalized spacial score (nSPS) is 13.4. The number of fused-ring (bicyclic) bond motifs is 1. The van der Waals surface area contributed by atoms with Crippen LogP contribution in [0, 0.1) is 0 Å². The summed E-state index contributed by atoms with van der Waals surface area (Å²) in [5.74, 6) is -2.06. The van der Waals surface area contributed by atoms with Crippen LogP contribution in [0.1, 0.15) is 31.1 Å². The number of benzene rings is 2. The first kappa shape index (κ1) is 12.9. The summed E-state index contributed by atoms with van der Waals surface area (Å²) in [5, 5.41) is 8.91. The molecule has 6 heteroatoms. The number of hydrogen-bond donors (Lipinski definition) is 2. The van der Waals surface area contributed by atoms with E-state index >= 15 is 0 Å². The zero-order chi connectivity index (χ0) is 15.1. The highest BCUT2D eigenvalue weighted by Gasteiger charge is 2.37. The van der Waals surface area contributed by atoms with Crippen LogP contribution in [0.2, 0.25) is 0 Å². The van der Waals surface area contributed by atoms with Crippen molar-refractivity contribution < 1.29 is 19.5 Å². The Morgan fingerprint density at radius 1 is 1.00 bits per heavy atom. The Bertz CT molecular complexity index is 763. The molecule has 2 aromatic carbocycles. The first-order valence-corrected chi connectivity index (χ1v) is 6.11. The second kappa shape index (κ2) is 4.45. The fraction of sp³-hybridized carbons (Fsp3) is 0. The molecule has 0 radical (unpaired) electrons. The average Bonchev–Trinajstić information content (AvgIpc) is 2.72. The van der Waals surface area contributed by atoms with Gasteiger partial charge < -0.3 is 10.8 Å². The molecule has 0 saturated carbocycles. The zero-order valence-electron chi connectivity index (χ0n) is 10.7. The van der Waals surface area contributed by atoms with Gasteiger partial charge in [0.25, 0.3) is 11.8 Å². The SMILES string of the molecule is Nc1cc(C(=O)O)ccc1N1C(=O)c2ccccc2C1=O. The van der Waals surface area contributed by atoms with Crippen LogP contribution in [0.25, 0.3) is 0 Å². The van der Waals surface area contributed by atoms with E-state index in [9.17, 15) is 14.4 Å². The molecule has 3 rings (SSSR count). The van der Waals surface area contributed by atoms with Crippen molar-refractivity contribution in [3.8, 4) is 0 Å². The molecule has 21 heavy (non-hydrogen) atoms. The Hall–Kier alpha value is -3.15. The molecule has 3 N–H and O–H groups in total. The van der Waals surface area contributed by atoms with Crippen molar-refractivity contribution in [1.29, 1.82) is 0 Å². The van der Waals surface area contributed by atoms with Crippen LogP contribution in [0.15, 0.2) is 42.5 Å². The van der Waals surface area contributed by atoms with Gasteiger partial charge in [0.05, 0.1) is 28.1 Å². The van der Waals surface area contributed by atoms with Gasteiger partial charge >= 0.3 is 5.97 Å². The van der Waals surface area contributed by atoms with Gasteiger partial charge in [0, 0.05) is 0 Å². The van der Waals surface area contributed by atoms with Crippen LogP contribution in [0.3, 0.4) is 0 Å². The Morgan fingerprint density at radius 3 is 2.05 bits per heavy atom. The average molecular weight is 282 g/mol. The molecule has 1 aliphatic rings. The number of imide groups is 1. The van der Waals surface area contributed by atoms with Crippen LogP contribution in [-0.4, -0.2) is 22.9 Å². The topological polar surface area (TPSA) is 101 Å². The van der Waals surface area contributed by atoms with E-state index < -0.39 is 17.8 Å². The van der Waals surface area contributed by atoms with Crippen molar-refractivity contribution in [1.82, 2.24) is 0 Å². The molecule has 104 valence electrons. The summed E-state index contributed by atoms with van der Waals surface area (Å²) in [7, 11) is 0. The maximum atomic E-state index is 12.3. The number of carboxylic acid groups (broad SMARTS) is 1. The number of nitrogens with zero attached hydrogens (tertiary/aromatic N) is 1. The number of nitrogens with two attached hydrogens (primary N) is 1. The third-order valence-corrected chi connectivity index (χ3v) is 3.31. The molecule has 0 saturated heterocycles. The lowest BCUT2D eigenvalue weighted by Gasteiger charge is -2.16. The fourth-order valence-corrected chi connectivity index (χ4v) is 2.30. The van der Waals surface area contributed by atoms with E-state index in [4.69, 9.17) is 10.8 Å². The van der Waals surface area contributed by atoms with Gasteiger partial charge in [-0.15, -0.1) is 0 Å². The largest absolute Gasteiger partial charge is 0.478 e. The van der Waals surface area contributed by atoms with E-state index in [0.29, 0.717) is 11.1 Å². The predicted molar refractivity (Wildman–Crippen MR) is 75.4 cm³/mol. The fourth-order valence-electron chi connectivity index (χ4n) is 2.30. The molecular formula is C15H10N2O4. The van der Waals surface area contributed by atoms with Crippen LogP contribution in [0.5, 0.6) is 0 Å². The molecule has 0 unspecified atom stereocenters. The first-order valence-electron chi connectivity index (χ1n) is 6.11. The Kier molecular flexibility index (Phi) is 2.72. The summed E-state index contributed by atoms with van der Waals surface area (Å²) in [6.07, 6.45) is 0. The van der Waals surface area contributed by atoms with Crippen molar-refractivity contribution in [2.45, 2.75) is 0 Å². The van der Waals surface area contributed by atoms with Gasteiger partial charge in [-0.3, -0.25) is 9.59 Å². The monoisotopic (exact) mass is 282 g/mol. The minimum Gasteiger partial charge on any atom is -0.478 e. The van der Waals surface area contributed by atoms with Gasteiger partial charge in [0.2, 0.25) is 0 Å². The van der Waals surface area contributed by atoms with Crippen LogP contribution in [0.4, 0.5) is 11.4 Å². The van der Waals surface area contributed by atoms with E-state index in [-0.39, 0.29) is 16.9 Å². The summed E-state index contributed by atoms with van der Waals surface area (Å²) in [4.78, 5) is 36.5. The number of carbonyl (C=O) groups excluding carboxylic acids is 2. The summed E-state index contributed by atoms with van der Waals surface area (Å²) in [6.45, 7) is 0. The number of amides is 2. The van der Waals surface area contributed by atoms with Gasteiger partial charge in [0.1, 0.15) is 0 Å². The quantitative estimate of drug-likeness (QED) is 0.645. The molecule has 2 amide bonds. The molecule has 1 aliphatic heterocycles. The number of hydrogen-bond acceptors (Lipinski definition) is 4. The maximum Gasteiger partial charge on any atom is 0.335 e. The number of aromatic carboxylic acids is 1. The number of nitrogen functional groups attached to an aromatic ring is 1. The van der Waals surface area contributed by atoms with Gasteiger partial charge in [-0.1, -0.05) is 12.1 Å². The molecule has 0 spiro atoms. The molecule has 2 aromatic rings. The van der Waals surface area contributed by atoms with Gasteiger partial charge in [-0.05, 0) is 30.3 Å². The lowest BCUT2D eigenvalue weighted by Crippen LogP contribution is -2.30. The molecule has 1 heterocycles. The van der Waals surface area contributed by atoms with E-state index in [0.717, 1.165) is 4.90 Å². The highest BCUT2D eigenvalue weighted by Crippen LogP contribution is 2.32. The molecule has 0 aliphatic carbocycles. The Labute approximate surface area is 119 Å². The third kappa shape index (κ3) is 1.85. The van der Waals surface area contributed by atoms with Crippen molar-refractivity contribution in [2.24, 2.45) is 0 Å². The molecule has 0 bridgehead atoms. The number of carboxylic acids is 1. The van der Waals surface area contributed by atoms with Gasteiger partial charge in [-0.25, -0.2) is 9.69 Å². The van der Waals surface area contributed by atoms with Crippen molar-refractivity contribution in [2.75, 3.05) is 10.6 Å².